The standard InChI is InChI=1S/C41H51FN4O6S/c1-26(2)46-34-15-11-10-14-33(34)43-39(46)52-32-22-35-36(47)24-41(38(49)44-53(50,51)40(4)16-17-40)23-30(41)13-9-7-5-6-8-12-29(37(48)45(35)25-32)20-28-18-27(3)19-31(42)21-28/h9-11,13-15,18-19,21,26,29-30,32,35H,5-8,12,16-17,20,22-25H2,1-4H3,(H,44,49)/b13-9-/t29-,30+,32-,35+,41-/m1/s1. The molecule has 1 N–H and O–H groups in total. The number of nitrogens with one attached hydrogen (secondary N) is 1. The Hall–Kier alpha value is -4.06. The highest BCUT2D eigenvalue weighted by Crippen LogP contribution is 2.57. The molecule has 2 saturated carbocycles. The second kappa shape index (κ2) is 14.3. The van der Waals surface area contributed by atoms with Crippen LogP contribution in [0, 0.1) is 30.0 Å². The van der Waals surface area contributed by atoms with Gasteiger partial charge in [0, 0.05) is 24.8 Å². The van der Waals surface area contributed by atoms with E-state index in [0.717, 1.165) is 47.8 Å². The normalized spacial score (nSPS) is 28.2. The summed E-state index contributed by atoms with van der Waals surface area (Å²) in [6, 6.07) is 12.1. The number of ketones is 1. The highest BCUT2D eigenvalue weighted by molar-refractivity contribution is 7.91. The highest BCUT2D eigenvalue weighted by atomic mass is 32.2. The van der Waals surface area contributed by atoms with Crippen LogP contribution >= 0.6 is 0 Å². The van der Waals surface area contributed by atoms with Crippen molar-refractivity contribution >= 4 is 38.7 Å². The molecule has 12 heteroatoms. The van der Waals surface area contributed by atoms with E-state index in [9.17, 15) is 27.2 Å². The first-order valence-corrected chi connectivity index (χ1v) is 20.6. The molecular weight excluding hydrogens is 696 g/mol. The molecule has 4 aliphatic rings. The SMILES string of the molecule is Cc1cc(F)cc(C[C@H]2CCCCC/C=C\[C@H]3C[C@@]3(C(=O)NS(=O)(=O)C3(C)CC3)CC(=O)[C@@H]3C[C@@H](Oc4nc5ccccc5n4C(C)C)CN3C2=O)c1. The van der Waals surface area contributed by atoms with Crippen molar-refractivity contribution in [3.63, 3.8) is 0 Å². The van der Waals surface area contributed by atoms with Crippen molar-refractivity contribution in [2.45, 2.75) is 121 Å². The van der Waals surface area contributed by atoms with Gasteiger partial charge in [-0.25, -0.2) is 12.8 Å². The number of ether oxygens (including phenoxy) is 1. The van der Waals surface area contributed by atoms with Gasteiger partial charge < -0.3 is 9.64 Å². The summed E-state index contributed by atoms with van der Waals surface area (Å²) in [6.07, 6.45) is 8.98. The second-order valence-electron chi connectivity index (χ2n) is 16.4. The topological polar surface area (TPSA) is 128 Å². The minimum absolute atomic E-state index is 0.0269. The number of hydrogen-bond acceptors (Lipinski definition) is 7. The number of Topliss-reactive ketones (excluding diaryl/α,β-unsaturated/α-hetero) is 1. The van der Waals surface area contributed by atoms with E-state index in [4.69, 9.17) is 9.72 Å². The van der Waals surface area contributed by atoms with Crippen LogP contribution in [0.2, 0.25) is 0 Å². The Labute approximate surface area is 311 Å². The van der Waals surface area contributed by atoms with E-state index in [1.54, 1.807) is 11.8 Å². The molecule has 3 heterocycles. The monoisotopic (exact) mass is 746 g/mol. The van der Waals surface area contributed by atoms with Crippen LogP contribution in [0.4, 0.5) is 4.39 Å². The summed E-state index contributed by atoms with van der Waals surface area (Å²) >= 11 is 0. The molecule has 284 valence electrons. The Balaban J connectivity index is 1.22. The summed E-state index contributed by atoms with van der Waals surface area (Å²) in [5.41, 5.74) is 1.97. The Morgan fingerprint density at radius 1 is 1.11 bits per heavy atom. The van der Waals surface area contributed by atoms with Crippen LogP contribution in [-0.4, -0.2) is 63.9 Å². The zero-order valence-corrected chi connectivity index (χ0v) is 32.0. The van der Waals surface area contributed by atoms with Crippen molar-refractivity contribution < 1.29 is 31.9 Å². The largest absolute Gasteiger partial charge is 0.459 e. The molecular formula is C41H51FN4O6S. The quantitative estimate of drug-likeness (QED) is 0.253. The van der Waals surface area contributed by atoms with Gasteiger partial charge in [0.2, 0.25) is 21.8 Å². The Morgan fingerprint density at radius 2 is 1.89 bits per heavy atom. The number of aromatic nitrogens is 2. The molecule has 3 fully saturated rings. The molecule has 3 aromatic rings. The maximum atomic E-state index is 14.7. The summed E-state index contributed by atoms with van der Waals surface area (Å²) in [6.45, 7) is 7.68. The number of rotatable bonds is 8. The van der Waals surface area contributed by atoms with Crippen molar-refractivity contribution in [2.24, 2.45) is 17.3 Å². The molecule has 0 unspecified atom stereocenters. The third kappa shape index (κ3) is 7.53. The maximum Gasteiger partial charge on any atom is 0.297 e. The van der Waals surface area contributed by atoms with Gasteiger partial charge in [-0.05, 0) is 114 Å². The summed E-state index contributed by atoms with van der Waals surface area (Å²) < 4.78 is 50.9. The zero-order chi connectivity index (χ0) is 37.7. The number of nitrogens with zero attached hydrogens (tertiary/aromatic N) is 3. The molecule has 2 amide bonds. The van der Waals surface area contributed by atoms with E-state index in [1.807, 2.05) is 67.8 Å². The van der Waals surface area contributed by atoms with E-state index in [1.165, 1.54) is 12.1 Å². The van der Waals surface area contributed by atoms with Crippen LogP contribution in [0.3, 0.4) is 0 Å². The van der Waals surface area contributed by atoms with Crippen LogP contribution < -0.4 is 9.46 Å². The number of halogens is 1. The van der Waals surface area contributed by atoms with Gasteiger partial charge >= 0.3 is 0 Å². The molecule has 7 rings (SSSR count). The number of carbonyl (C=O) groups is 3. The fourth-order valence-corrected chi connectivity index (χ4v) is 9.72. The van der Waals surface area contributed by atoms with Crippen LogP contribution in [0.25, 0.3) is 11.0 Å². The van der Waals surface area contributed by atoms with Gasteiger partial charge in [-0.2, -0.15) is 4.98 Å². The van der Waals surface area contributed by atoms with Crippen LogP contribution in [0.15, 0.2) is 54.6 Å². The number of fused-ring (bicyclic) bond motifs is 3. The lowest BCUT2D eigenvalue weighted by Crippen LogP contribution is -2.47. The average molecular weight is 747 g/mol. The van der Waals surface area contributed by atoms with Gasteiger partial charge in [0.15, 0.2) is 5.78 Å². The van der Waals surface area contributed by atoms with Crippen LogP contribution in [0.1, 0.15) is 102 Å². The predicted molar refractivity (Wildman–Crippen MR) is 200 cm³/mol. The predicted octanol–water partition coefficient (Wildman–Crippen LogP) is 6.76. The molecule has 53 heavy (non-hydrogen) atoms. The second-order valence-corrected chi connectivity index (χ2v) is 18.6. The average Bonchev–Trinajstić information content (AvgIpc) is 3.91. The van der Waals surface area contributed by atoms with E-state index in [0.29, 0.717) is 38.1 Å². The van der Waals surface area contributed by atoms with E-state index >= 15 is 0 Å². The molecule has 0 spiro atoms. The van der Waals surface area contributed by atoms with Crippen LogP contribution in [0.5, 0.6) is 6.01 Å². The molecule has 2 aliphatic heterocycles. The number of carbonyl (C=O) groups excluding carboxylic acids is 3. The number of allylic oxidation sites excluding steroid dienone is 2. The lowest BCUT2D eigenvalue weighted by atomic mass is 9.89. The number of sulfonamides is 1. The van der Waals surface area contributed by atoms with Crippen molar-refractivity contribution in [3.05, 3.63) is 71.6 Å². The number of benzene rings is 2. The van der Waals surface area contributed by atoms with E-state index in [2.05, 4.69) is 4.72 Å². The third-order valence-corrected chi connectivity index (χ3v) is 14.1. The molecule has 1 saturated heterocycles. The molecule has 1 aromatic heterocycles. The molecule has 0 bridgehead atoms. The number of aryl methyl sites for hydroxylation is 1. The first-order valence-electron chi connectivity index (χ1n) is 19.2. The minimum atomic E-state index is -3.92. The van der Waals surface area contributed by atoms with Gasteiger partial charge in [-0.3, -0.25) is 23.7 Å². The van der Waals surface area contributed by atoms with Crippen molar-refractivity contribution in [1.29, 1.82) is 0 Å². The van der Waals surface area contributed by atoms with Gasteiger partial charge in [0.05, 0.1) is 33.8 Å². The number of imidazole rings is 1. The lowest BCUT2D eigenvalue weighted by Gasteiger charge is -2.29. The Bertz CT molecular complexity index is 2030. The summed E-state index contributed by atoms with van der Waals surface area (Å²) in [5, 5.41) is 0. The summed E-state index contributed by atoms with van der Waals surface area (Å²) in [4.78, 5) is 49.7. The zero-order valence-electron chi connectivity index (χ0n) is 31.1. The Morgan fingerprint density at radius 3 is 2.62 bits per heavy atom. The first-order chi connectivity index (χ1) is 25.2. The van der Waals surface area contributed by atoms with Crippen LogP contribution in [-0.2, 0) is 30.8 Å². The summed E-state index contributed by atoms with van der Waals surface area (Å²) in [5.74, 6) is -2.28. The van der Waals surface area contributed by atoms with Gasteiger partial charge in [-0.1, -0.05) is 43.2 Å². The van der Waals surface area contributed by atoms with Gasteiger partial charge in [0.25, 0.3) is 6.01 Å². The molecule has 10 nitrogen and oxygen atoms in total. The van der Waals surface area contributed by atoms with Crippen molar-refractivity contribution in [1.82, 2.24) is 19.2 Å². The smallest absolute Gasteiger partial charge is 0.297 e. The number of hydrogen-bond donors (Lipinski definition) is 1. The maximum absolute atomic E-state index is 14.7. The summed E-state index contributed by atoms with van der Waals surface area (Å²) in [7, 11) is -3.92. The van der Waals surface area contributed by atoms with Crippen molar-refractivity contribution in [3.8, 4) is 6.01 Å². The third-order valence-electron chi connectivity index (χ3n) is 11.9. The molecule has 2 aromatic carbocycles. The number of para-hydroxylation sites is 2. The van der Waals surface area contributed by atoms with Gasteiger partial charge in [-0.15, -0.1) is 0 Å². The van der Waals surface area contributed by atoms with E-state index < -0.39 is 44.2 Å². The first kappa shape index (κ1) is 37.3. The molecule has 5 atom stereocenters. The minimum Gasteiger partial charge on any atom is -0.459 e. The van der Waals surface area contributed by atoms with Crippen molar-refractivity contribution in [2.75, 3.05) is 6.54 Å². The fraction of sp³-hybridized carbons (Fsp3) is 0.561. The fourth-order valence-electron chi connectivity index (χ4n) is 8.39. The highest BCUT2D eigenvalue weighted by Gasteiger charge is 2.62. The molecule has 0 radical (unpaired) electrons. The Kier molecular flexibility index (Phi) is 10.1. The molecule has 2 aliphatic carbocycles. The van der Waals surface area contributed by atoms with E-state index in [-0.39, 0.29) is 48.9 Å². The van der Waals surface area contributed by atoms with Gasteiger partial charge in [0.1, 0.15) is 11.9 Å². The number of amides is 2. The lowest BCUT2D eigenvalue weighted by molar-refractivity contribution is -0.142.